The Balaban J connectivity index is 0.000000180. The van der Waals surface area contributed by atoms with Crippen LogP contribution in [0.5, 0.6) is 11.5 Å². The molecule has 4 aromatic carbocycles. The van der Waals surface area contributed by atoms with Crippen LogP contribution in [0.4, 0.5) is 11.4 Å². The van der Waals surface area contributed by atoms with Crippen molar-refractivity contribution in [2.24, 2.45) is 5.92 Å². The van der Waals surface area contributed by atoms with E-state index in [-0.39, 0.29) is 27.9 Å². The van der Waals surface area contributed by atoms with E-state index in [0.717, 1.165) is 24.7 Å². The predicted molar refractivity (Wildman–Crippen MR) is 190 cm³/mol. The van der Waals surface area contributed by atoms with Crippen LogP contribution >= 0.6 is 11.8 Å². The fraction of sp³-hybridized carbons (Fsp3) is 0.216. The number of aromatic hydroxyl groups is 2. The zero-order valence-corrected chi connectivity index (χ0v) is 28.3. The Morgan fingerprint density at radius 2 is 1.32 bits per heavy atom. The summed E-state index contributed by atoms with van der Waals surface area (Å²) in [6.07, 6.45) is -4.53. The monoisotopic (exact) mass is 702 g/mol. The van der Waals surface area contributed by atoms with E-state index in [4.69, 9.17) is 24.8 Å². The molecule has 1 aliphatic rings. The van der Waals surface area contributed by atoms with Crippen molar-refractivity contribution in [2.45, 2.75) is 28.9 Å². The van der Waals surface area contributed by atoms with Gasteiger partial charge < -0.3 is 44.9 Å². The van der Waals surface area contributed by atoms with Gasteiger partial charge in [0.05, 0.1) is 11.4 Å². The highest BCUT2D eigenvalue weighted by Crippen LogP contribution is 2.48. The first-order chi connectivity index (χ1) is 23.8. The number of benzene rings is 4. The van der Waals surface area contributed by atoms with Gasteiger partial charge in [-0.25, -0.2) is 9.59 Å². The molecule has 1 aliphatic heterocycles. The maximum atomic E-state index is 12.0. The summed E-state index contributed by atoms with van der Waals surface area (Å²) in [7, 11) is 4.29. The molecule has 0 saturated heterocycles. The summed E-state index contributed by atoms with van der Waals surface area (Å²) < 4.78 is 5.57. The molecular weight excluding hydrogens is 664 g/mol. The lowest BCUT2D eigenvalue weighted by Gasteiger charge is -2.35. The first-order valence-corrected chi connectivity index (χ1v) is 16.2. The van der Waals surface area contributed by atoms with E-state index in [1.54, 1.807) is 0 Å². The maximum absolute atomic E-state index is 12.0. The highest BCUT2D eigenvalue weighted by molar-refractivity contribution is 7.99. The highest BCUT2D eigenvalue weighted by Gasteiger charge is 2.29. The van der Waals surface area contributed by atoms with Crippen molar-refractivity contribution < 1.29 is 44.6 Å². The topological polar surface area (TPSA) is 192 Å². The number of aliphatic carboxylic acids is 2. The Hall–Kier alpha value is -5.34. The van der Waals surface area contributed by atoms with Crippen LogP contribution in [-0.2, 0) is 9.59 Å². The second kappa shape index (κ2) is 16.9. The molecule has 6 rings (SSSR count). The van der Waals surface area contributed by atoms with Gasteiger partial charge in [-0.2, -0.15) is 0 Å². The van der Waals surface area contributed by atoms with Crippen molar-refractivity contribution in [3.63, 3.8) is 0 Å². The second-order valence-electron chi connectivity index (χ2n) is 11.8. The molecule has 262 valence electrons. The number of rotatable bonds is 8. The molecule has 0 fully saturated rings. The van der Waals surface area contributed by atoms with Crippen molar-refractivity contribution in [1.82, 2.24) is 4.90 Å². The van der Waals surface area contributed by atoms with Gasteiger partial charge in [-0.15, -0.1) is 0 Å². The third-order valence-electron chi connectivity index (χ3n) is 7.36. The molecule has 0 saturated carbocycles. The number of carbonyl (C=O) groups is 2. The van der Waals surface area contributed by atoms with E-state index in [1.807, 2.05) is 42.1 Å². The molecule has 13 heteroatoms. The SMILES string of the molecule is CC(CN(C)C)CN1c2ccccc2Sc2ccccc21.O=C(O)C(O)C(O)C(=O)O.O=c1cc(-c2ccccc2)oc2cc(O)cc(O)c12. The fourth-order valence-electron chi connectivity index (χ4n) is 5.24. The normalized spacial score (nSPS) is 13.4. The lowest BCUT2D eigenvalue weighted by molar-refractivity contribution is -0.165. The zero-order valence-electron chi connectivity index (χ0n) is 27.5. The fourth-order valence-corrected chi connectivity index (χ4v) is 6.34. The second-order valence-corrected chi connectivity index (χ2v) is 12.8. The van der Waals surface area contributed by atoms with Crippen molar-refractivity contribution in [3.8, 4) is 22.8 Å². The predicted octanol–water partition coefficient (Wildman–Crippen LogP) is 5.24. The average Bonchev–Trinajstić information content (AvgIpc) is 3.07. The quantitative estimate of drug-likeness (QED) is 0.123. The minimum absolute atomic E-state index is 0.0671. The van der Waals surface area contributed by atoms with Crippen LogP contribution in [0.1, 0.15) is 6.92 Å². The van der Waals surface area contributed by atoms with Crippen molar-refractivity contribution in [2.75, 3.05) is 32.1 Å². The Morgan fingerprint density at radius 1 is 0.800 bits per heavy atom. The molecule has 2 heterocycles. The lowest BCUT2D eigenvalue weighted by Crippen LogP contribution is -2.39. The summed E-state index contributed by atoms with van der Waals surface area (Å²) >= 11 is 1.88. The number of nitrogens with zero attached hydrogens (tertiary/aromatic N) is 2. The summed E-state index contributed by atoms with van der Waals surface area (Å²) in [5.74, 6) is -2.97. The summed E-state index contributed by atoms with van der Waals surface area (Å²) in [6.45, 7) is 4.48. The molecule has 3 atom stereocenters. The molecule has 5 aromatic rings. The number of fused-ring (bicyclic) bond motifs is 3. The standard InChI is InChI=1S/C18H22N2S.C15H10O4.C4H6O6/c1-14(12-19(2)3)13-20-15-8-4-6-10-17(15)21-18-11-7-5-9-16(18)20;16-10-6-11(17)15-12(18)8-13(19-14(15)7-10)9-4-2-1-3-5-9;5-1(3(7)8)2(6)4(9)10/h4-11,14H,12-13H2,1-3H3;1-8,16-17H;1-2,5-6H,(H,7,8)(H,9,10). The number of aliphatic hydroxyl groups is 2. The molecule has 0 amide bonds. The molecule has 6 N–H and O–H groups in total. The van der Waals surface area contributed by atoms with E-state index < -0.39 is 24.1 Å². The van der Waals surface area contributed by atoms with Gasteiger partial charge in [0.15, 0.2) is 17.6 Å². The highest BCUT2D eigenvalue weighted by atomic mass is 32.2. The number of phenolic OH excluding ortho intramolecular Hbond substituents is 2. The van der Waals surface area contributed by atoms with Crippen LogP contribution in [0.15, 0.2) is 116 Å². The zero-order chi connectivity index (χ0) is 36.5. The number of aliphatic hydroxyl groups excluding tert-OH is 2. The van der Waals surface area contributed by atoms with Crippen molar-refractivity contribution in [1.29, 1.82) is 0 Å². The van der Waals surface area contributed by atoms with E-state index >= 15 is 0 Å². The van der Waals surface area contributed by atoms with Gasteiger partial charge in [-0.1, -0.05) is 73.3 Å². The van der Waals surface area contributed by atoms with Gasteiger partial charge in [-0.05, 0) is 44.3 Å². The van der Waals surface area contributed by atoms with Crippen LogP contribution in [0.2, 0.25) is 0 Å². The molecule has 0 aliphatic carbocycles. The van der Waals surface area contributed by atoms with E-state index in [0.29, 0.717) is 11.7 Å². The van der Waals surface area contributed by atoms with Crippen molar-refractivity contribution >= 4 is 46.0 Å². The van der Waals surface area contributed by atoms with Gasteiger partial charge in [0.1, 0.15) is 28.2 Å². The Bertz CT molecular complexity index is 1940. The van der Waals surface area contributed by atoms with Gasteiger partial charge in [-0.3, -0.25) is 4.79 Å². The largest absolute Gasteiger partial charge is 0.508 e. The van der Waals surface area contributed by atoms with Crippen LogP contribution < -0.4 is 10.3 Å². The van der Waals surface area contributed by atoms with E-state index in [1.165, 1.54) is 33.3 Å². The van der Waals surface area contributed by atoms with Crippen molar-refractivity contribution in [3.05, 3.63) is 107 Å². The average molecular weight is 703 g/mol. The molecule has 1 aromatic heterocycles. The Kier molecular flexibility index (Phi) is 12.6. The number of phenols is 2. The van der Waals surface area contributed by atoms with Crippen LogP contribution in [-0.4, -0.2) is 86.9 Å². The molecule has 12 nitrogen and oxygen atoms in total. The molecule has 50 heavy (non-hydrogen) atoms. The van der Waals surface area contributed by atoms with Gasteiger partial charge >= 0.3 is 11.9 Å². The molecule has 0 spiro atoms. The first kappa shape index (κ1) is 37.5. The lowest BCUT2D eigenvalue weighted by atomic mass is 10.1. The Morgan fingerprint density at radius 3 is 1.84 bits per heavy atom. The first-order valence-electron chi connectivity index (χ1n) is 15.4. The van der Waals surface area contributed by atoms with E-state index in [9.17, 15) is 24.6 Å². The molecule has 0 bridgehead atoms. The number of hydrogen-bond acceptors (Lipinski definition) is 11. The molecule has 3 unspecified atom stereocenters. The smallest absolute Gasteiger partial charge is 0.335 e. The number of carboxylic acids is 2. The van der Waals surface area contributed by atoms with Gasteiger partial charge in [0, 0.05) is 46.6 Å². The number of para-hydroxylation sites is 2. The molecule has 0 radical (unpaired) electrons. The van der Waals surface area contributed by atoms with Crippen LogP contribution in [0, 0.1) is 5.92 Å². The number of carboxylic acid groups (broad SMARTS) is 2. The Labute approximate surface area is 292 Å². The minimum atomic E-state index is -2.27. The molecular formula is C37H38N2O10S. The summed E-state index contributed by atoms with van der Waals surface area (Å²) in [6, 6.07) is 30.3. The van der Waals surface area contributed by atoms with Crippen LogP contribution in [0.25, 0.3) is 22.3 Å². The minimum Gasteiger partial charge on any atom is -0.508 e. The summed E-state index contributed by atoms with van der Waals surface area (Å²) in [4.78, 5) is 39.0. The maximum Gasteiger partial charge on any atom is 0.335 e. The number of hydrogen-bond donors (Lipinski definition) is 6. The van der Waals surface area contributed by atoms with E-state index in [2.05, 4.69) is 79.3 Å². The summed E-state index contributed by atoms with van der Waals surface area (Å²) in [5.41, 5.74) is 3.24. The van der Waals surface area contributed by atoms with Gasteiger partial charge in [0.2, 0.25) is 0 Å². The van der Waals surface area contributed by atoms with Crippen LogP contribution in [0.3, 0.4) is 0 Å². The number of anilines is 2. The third kappa shape index (κ3) is 9.42. The third-order valence-corrected chi connectivity index (χ3v) is 8.49. The summed E-state index contributed by atoms with van der Waals surface area (Å²) in [5, 5.41) is 51.7. The van der Waals surface area contributed by atoms with Gasteiger partial charge in [0.25, 0.3) is 0 Å².